The van der Waals surface area contributed by atoms with E-state index in [2.05, 4.69) is 30.4 Å². The van der Waals surface area contributed by atoms with Gasteiger partial charge < -0.3 is 35.3 Å². The smallest absolute Gasteiger partial charge is 0.479 e. The number of anilines is 1. The van der Waals surface area contributed by atoms with Crippen molar-refractivity contribution in [2.45, 2.75) is 77.0 Å². The number of alkyl carbamates (subject to hydrolysis) is 1. The SMILES string of the molecule is C[C@H](NC(=O)OC(C)(C)C)C(=O)Nc1cc(C[C@H]2C(=O)N(C(=O)N[C@H](C)c3ccc4c(c3)OC(F)(F)O4)[C@]2(Cc2ccccc2)C(=O)O)ccn1. The number of β-lactam (4-membered cyclic amide) rings is 1. The maximum Gasteiger partial charge on any atom is 0.586 e. The molecule has 0 aliphatic carbocycles. The van der Waals surface area contributed by atoms with E-state index >= 15 is 0 Å². The summed E-state index contributed by atoms with van der Waals surface area (Å²) in [6.07, 6.45) is -3.62. The van der Waals surface area contributed by atoms with Crippen LogP contribution in [0, 0.1) is 5.92 Å². The fourth-order valence-corrected chi connectivity index (χ4v) is 5.87. The zero-order valence-electron chi connectivity index (χ0n) is 28.4. The summed E-state index contributed by atoms with van der Waals surface area (Å²) < 4.78 is 41.2. The molecule has 270 valence electrons. The van der Waals surface area contributed by atoms with Crippen molar-refractivity contribution in [1.29, 1.82) is 0 Å². The van der Waals surface area contributed by atoms with Crippen LogP contribution in [0.2, 0.25) is 0 Å². The highest BCUT2D eigenvalue weighted by molar-refractivity contribution is 6.10. The van der Waals surface area contributed by atoms with Crippen molar-refractivity contribution in [2.75, 3.05) is 5.32 Å². The van der Waals surface area contributed by atoms with Crippen LogP contribution >= 0.6 is 0 Å². The number of nitrogens with zero attached hydrogens (tertiary/aromatic N) is 2. The number of fused-ring (bicyclic) bond motifs is 1. The van der Waals surface area contributed by atoms with E-state index in [4.69, 9.17) is 4.74 Å². The topological polar surface area (TPSA) is 185 Å². The molecule has 0 saturated carbocycles. The van der Waals surface area contributed by atoms with Crippen LogP contribution in [0.1, 0.15) is 57.4 Å². The quantitative estimate of drug-likeness (QED) is 0.213. The average molecular weight is 710 g/mol. The number of carboxylic acids is 1. The number of alkyl halides is 2. The van der Waals surface area contributed by atoms with E-state index in [1.807, 2.05) is 0 Å². The lowest BCUT2D eigenvalue weighted by Gasteiger charge is -2.53. The largest absolute Gasteiger partial charge is 0.586 e. The number of ether oxygens (including phenoxy) is 3. The van der Waals surface area contributed by atoms with Gasteiger partial charge in [-0.3, -0.25) is 9.59 Å². The third-order valence-corrected chi connectivity index (χ3v) is 8.29. The number of amides is 5. The van der Waals surface area contributed by atoms with E-state index in [-0.39, 0.29) is 30.2 Å². The van der Waals surface area contributed by atoms with Gasteiger partial charge in [0.2, 0.25) is 11.8 Å². The van der Waals surface area contributed by atoms with Crippen LogP contribution in [0.5, 0.6) is 11.5 Å². The fourth-order valence-electron chi connectivity index (χ4n) is 5.87. The zero-order chi connectivity index (χ0) is 37.3. The molecule has 2 aliphatic heterocycles. The Hall–Kier alpha value is -5.80. The first-order valence-electron chi connectivity index (χ1n) is 16.0. The molecular weight excluding hydrogens is 672 g/mol. The molecule has 5 amide bonds. The highest BCUT2D eigenvalue weighted by Gasteiger charge is 2.67. The maximum atomic E-state index is 13.8. The number of urea groups is 1. The standard InChI is InChI=1S/C35H37F2N5O9/c1-19(23-11-12-25-26(17-23)50-35(36,37)49-25)39-31(47)42-29(44)24(34(42,30(45)46)18-21-9-7-6-8-10-21)15-22-13-14-38-27(16-22)41-28(43)20(2)40-32(48)51-33(3,4)5/h6-14,16-17,19-20,24H,15,18H2,1-5H3,(H,39,47)(H,40,48)(H,45,46)(H,38,41,43)/t19-,20+,24+,34+/m1/s1. The van der Waals surface area contributed by atoms with Crippen molar-refractivity contribution >= 4 is 35.7 Å². The Balaban J connectivity index is 1.35. The number of aliphatic carboxylic acids is 1. The Bertz CT molecular complexity index is 1850. The van der Waals surface area contributed by atoms with Crippen molar-refractivity contribution in [1.82, 2.24) is 20.5 Å². The van der Waals surface area contributed by atoms with Gasteiger partial charge in [-0.1, -0.05) is 36.4 Å². The van der Waals surface area contributed by atoms with Crippen molar-refractivity contribution in [2.24, 2.45) is 5.92 Å². The second-order valence-electron chi connectivity index (χ2n) is 13.3. The van der Waals surface area contributed by atoms with Crippen molar-refractivity contribution in [3.05, 3.63) is 83.6 Å². The first-order chi connectivity index (χ1) is 23.9. The van der Waals surface area contributed by atoms with Gasteiger partial charge in [0.1, 0.15) is 17.5 Å². The lowest BCUT2D eigenvalue weighted by Crippen LogP contribution is -2.78. The number of carboxylic acid groups (broad SMARTS) is 1. The normalized spacial score (nSPS) is 20.0. The maximum absolute atomic E-state index is 13.8. The summed E-state index contributed by atoms with van der Waals surface area (Å²) >= 11 is 0. The summed E-state index contributed by atoms with van der Waals surface area (Å²) in [6, 6.07) is 12.6. The van der Waals surface area contributed by atoms with E-state index in [9.17, 15) is 37.9 Å². The summed E-state index contributed by atoms with van der Waals surface area (Å²) in [6.45, 7) is 8.02. The van der Waals surface area contributed by atoms with Crippen LogP contribution in [-0.2, 0) is 32.0 Å². The first kappa shape index (κ1) is 36.5. The lowest BCUT2D eigenvalue weighted by molar-refractivity contribution is -0.286. The molecule has 5 rings (SSSR count). The average Bonchev–Trinajstić information content (AvgIpc) is 3.35. The number of imide groups is 1. The number of aromatic nitrogens is 1. The second kappa shape index (κ2) is 13.8. The van der Waals surface area contributed by atoms with Gasteiger partial charge in [-0.05, 0) is 82.0 Å². The molecule has 2 aromatic carbocycles. The van der Waals surface area contributed by atoms with Crippen LogP contribution in [0.15, 0.2) is 66.9 Å². The summed E-state index contributed by atoms with van der Waals surface area (Å²) in [4.78, 5) is 70.4. The summed E-state index contributed by atoms with van der Waals surface area (Å²) in [5.41, 5.74) is -1.48. The molecule has 1 aromatic heterocycles. The van der Waals surface area contributed by atoms with Crippen LogP contribution in [-0.4, -0.2) is 68.4 Å². The fraction of sp³-hybridized carbons (Fsp3) is 0.371. The van der Waals surface area contributed by atoms with Gasteiger partial charge in [0.25, 0.3) is 0 Å². The molecule has 51 heavy (non-hydrogen) atoms. The van der Waals surface area contributed by atoms with Gasteiger partial charge in [-0.15, -0.1) is 8.78 Å². The van der Waals surface area contributed by atoms with Crippen LogP contribution in [0.25, 0.3) is 0 Å². The van der Waals surface area contributed by atoms with E-state index in [0.29, 0.717) is 21.6 Å². The van der Waals surface area contributed by atoms with Crippen molar-refractivity contribution < 1.29 is 52.1 Å². The Labute approximate surface area is 291 Å². The Morgan fingerprint density at radius 3 is 2.33 bits per heavy atom. The monoisotopic (exact) mass is 709 g/mol. The minimum absolute atomic E-state index is 0.0796. The molecular formula is C35H37F2N5O9. The van der Waals surface area contributed by atoms with Gasteiger partial charge in [0, 0.05) is 12.6 Å². The highest BCUT2D eigenvalue weighted by atomic mass is 19.3. The number of hydrogen-bond acceptors (Lipinski definition) is 9. The minimum atomic E-state index is -3.84. The Kier molecular flexibility index (Phi) is 9.90. The predicted octanol–water partition coefficient (Wildman–Crippen LogP) is 4.79. The number of carbonyl (C=O) groups excluding carboxylic acids is 4. The highest BCUT2D eigenvalue weighted by Crippen LogP contribution is 2.45. The Morgan fingerprint density at radius 1 is 0.980 bits per heavy atom. The van der Waals surface area contributed by atoms with Crippen LogP contribution in [0.3, 0.4) is 0 Å². The number of halogens is 2. The molecule has 0 unspecified atom stereocenters. The first-order valence-corrected chi connectivity index (χ1v) is 16.0. The van der Waals surface area contributed by atoms with E-state index in [0.717, 1.165) is 0 Å². The van der Waals surface area contributed by atoms with E-state index in [1.54, 1.807) is 57.2 Å². The van der Waals surface area contributed by atoms with Gasteiger partial charge in [0.15, 0.2) is 17.0 Å². The van der Waals surface area contributed by atoms with Crippen molar-refractivity contribution in [3.63, 3.8) is 0 Å². The summed E-state index contributed by atoms with van der Waals surface area (Å²) in [5, 5.41) is 18.3. The Morgan fingerprint density at radius 2 is 1.67 bits per heavy atom. The second-order valence-corrected chi connectivity index (χ2v) is 13.3. The molecule has 0 radical (unpaired) electrons. The molecule has 4 N–H and O–H groups in total. The lowest BCUT2D eigenvalue weighted by atomic mass is 9.67. The van der Waals surface area contributed by atoms with Crippen LogP contribution < -0.4 is 25.4 Å². The molecule has 0 bridgehead atoms. The zero-order valence-corrected chi connectivity index (χ0v) is 28.4. The number of nitrogens with one attached hydrogen (secondary N) is 3. The molecule has 0 spiro atoms. The predicted molar refractivity (Wildman–Crippen MR) is 176 cm³/mol. The summed E-state index contributed by atoms with van der Waals surface area (Å²) in [7, 11) is 0. The number of pyridine rings is 1. The molecule has 1 saturated heterocycles. The number of benzene rings is 2. The van der Waals surface area contributed by atoms with Gasteiger partial charge in [-0.25, -0.2) is 24.3 Å². The third-order valence-electron chi connectivity index (χ3n) is 8.29. The van der Waals surface area contributed by atoms with E-state index < -0.39 is 65.3 Å². The molecule has 1 fully saturated rings. The van der Waals surface area contributed by atoms with Crippen molar-refractivity contribution in [3.8, 4) is 11.5 Å². The van der Waals surface area contributed by atoms with Crippen LogP contribution in [0.4, 0.5) is 24.2 Å². The third kappa shape index (κ3) is 8.00. The molecule has 2 aliphatic rings. The number of hydrogen-bond donors (Lipinski definition) is 4. The molecule has 14 nitrogen and oxygen atoms in total. The molecule has 3 heterocycles. The molecule has 4 atom stereocenters. The van der Waals surface area contributed by atoms with Gasteiger partial charge in [0.05, 0.1) is 12.0 Å². The van der Waals surface area contributed by atoms with Gasteiger partial charge in [-0.2, -0.15) is 0 Å². The number of rotatable bonds is 10. The van der Waals surface area contributed by atoms with E-state index in [1.165, 1.54) is 44.3 Å². The van der Waals surface area contributed by atoms with Gasteiger partial charge >= 0.3 is 24.4 Å². The number of carbonyl (C=O) groups is 5. The minimum Gasteiger partial charge on any atom is -0.479 e. The summed E-state index contributed by atoms with van der Waals surface area (Å²) in [5.74, 6) is -4.37. The number of likely N-dealkylation sites (tertiary alicyclic amines) is 1. The molecule has 16 heteroatoms. The molecule has 3 aromatic rings.